The first kappa shape index (κ1) is 15.6. The lowest BCUT2D eigenvalue weighted by molar-refractivity contribution is -0.991. The van der Waals surface area contributed by atoms with E-state index in [1.807, 2.05) is 0 Å². The highest BCUT2D eigenvalue weighted by molar-refractivity contribution is 6.35. The van der Waals surface area contributed by atoms with Crippen molar-refractivity contribution in [1.82, 2.24) is 0 Å². The van der Waals surface area contributed by atoms with Crippen molar-refractivity contribution in [2.45, 2.75) is 0 Å². The molecule has 6 nitrogen and oxygen atoms in total. The molecule has 1 unspecified atom stereocenters. The van der Waals surface area contributed by atoms with Crippen LogP contribution in [-0.2, 0) is 0 Å². The largest absolute Gasteiger partial charge is 0.595 e. The Morgan fingerprint density at radius 2 is 1.90 bits per heavy atom. The zero-order valence-corrected chi connectivity index (χ0v) is 11.9. The summed E-state index contributed by atoms with van der Waals surface area (Å²) >= 11 is 11.7. The molecule has 21 heavy (non-hydrogen) atoms. The molecule has 0 spiro atoms. The normalized spacial score (nSPS) is 12.0. The zero-order valence-electron chi connectivity index (χ0n) is 10.3. The molecule has 0 saturated heterocycles. The van der Waals surface area contributed by atoms with Crippen LogP contribution in [0, 0.1) is 5.21 Å². The number of quaternary nitrogens is 1. The molecule has 110 valence electrons. The molecule has 0 aliphatic heterocycles. The molecule has 0 amide bonds. The summed E-state index contributed by atoms with van der Waals surface area (Å²) in [7, 11) is 0. The van der Waals surface area contributed by atoms with E-state index in [-0.39, 0.29) is 27.8 Å². The smallest absolute Gasteiger partial charge is 0.342 e. The Morgan fingerprint density at radius 3 is 2.48 bits per heavy atom. The van der Waals surface area contributed by atoms with Gasteiger partial charge in [-0.1, -0.05) is 23.2 Å². The predicted octanol–water partition coefficient (Wildman–Crippen LogP) is 2.89. The number of benzene rings is 2. The SMILES string of the molecule is O=C(O)c1cc(Oc2ccc(Cl)cc2Cl)ccc1[NH+]([O-])O. The van der Waals surface area contributed by atoms with Gasteiger partial charge in [-0.15, -0.1) is 0 Å². The zero-order chi connectivity index (χ0) is 15.6. The van der Waals surface area contributed by atoms with Gasteiger partial charge in [0.25, 0.3) is 0 Å². The summed E-state index contributed by atoms with van der Waals surface area (Å²) in [4.78, 5) is 11.1. The van der Waals surface area contributed by atoms with Gasteiger partial charge in [-0.2, -0.15) is 5.23 Å². The van der Waals surface area contributed by atoms with Crippen molar-refractivity contribution in [2.24, 2.45) is 0 Å². The summed E-state index contributed by atoms with van der Waals surface area (Å²) in [6.07, 6.45) is 0. The second-order valence-electron chi connectivity index (χ2n) is 3.99. The Hall–Kier alpha value is -1.83. The molecule has 2 aromatic carbocycles. The number of rotatable bonds is 4. The third-order valence-corrected chi connectivity index (χ3v) is 3.10. The summed E-state index contributed by atoms with van der Waals surface area (Å²) in [6.45, 7) is 0. The second kappa shape index (κ2) is 6.30. The van der Waals surface area contributed by atoms with Gasteiger partial charge in [-0.3, -0.25) is 0 Å². The molecule has 0 saturated carbocycles. The molecule has 0 aromatic heterocycles. The molecular formula is C13H9Cl2NO5. The summed E-state index contributed by atoms with van der Waals surface area (Å²) in [6, 6.07) is 8.19. The van der Waals surface area contributed by atoms with Crippen LogP contribution in [0.5, 0.6) is 11.5 Å². The van der Waals surface area contributed by atoms with Crippen LogP contribution in [0.25, 0.3) is 0 Å². The van der Waals surface area contributed by atoms with E-state index in [0.29, 0.717) is 5.02 Å². The predicted molar refractivity (Wildman–Crippen MR) is 75.7 cm³/mol. The topological polar surface area (TPSA) is 94.3 Å². The molecule has 0 aliphatic carbocycles. The number of carboxylic acid groups (broad SMARTS) is 1. The van der Waals surface area contributed by atoms with Crippen LogP contribution in [0.4, 0.5) is 5.69 Å². The number of carboxylic acids is 1. The van der Waals surface area contributed by atoms with Gasteiger partial charge in [0.15, 0.2) is 5.69 Å². The minimum Gasteiger partial charge on any atom is -0.595 e. The molecule has 2 aromatic rings. The molecule has 3 N–H and O–H groups in total. The van der Waals surface area contributed by atoms with Crippen LogP contribution in [0.2, 0.25) is 10.0 Å². The summed E-state index contributed by atoms with van der Waals surface area (Å²) in [5.41, 5.74) is -0.692. The van der Waals surface area contributed by atoms with Crippen molar-refractivity contribution in [1.29, 1.82) is 0 Å². The van der Waals surface area contributed by atoms with Crippen LogP contribution in [0.3, 0.4) is 0 Å². The molecule has 0 aliphatic rings. The van der Waals surface area contributed by atoms with Crippen LogP contribution >= 0.6 is 23.2 Å². The van der Waals surface area contributed by atoms with Crippen molar-refractivity contribution in [3.8, 4) is 11.5 Å². The number of halogens is 2. The van der Waals surface area contributed by atoms with E-state index in [1.54, 1.807) is 6.07 Å². The number of ether oxygens (including phenoxy) is 1. The molecule has 0 radical (unpaired) electrons. The van der Waals surface area contributed by atoms with Crippen molar-refractivity contribution in [2.75, 3.05) is 0 Å². The van der Waals surface area contributed by atoms with Crippen molar-refractivity contribution < 1.29 is 25.1 Å². The maximum Gasteiger partial charge on any atom is 0.342 e. The summed E-state index contributed by atoms with van der Waals surface area (Å²) < 4.78 is 5.44. The standard InChI is InChI=1S/C13H9Cl2NO5/c14-7-1-4-12(10(15)5-7)21-8-2-3-11(16(19)20)9(6-8)13(17)18/h1-6,16,19H,(H,17,18). The fourth-order valence-electron chi connectivity index (χ4n) is 1.64. The van der Waals surface area contributed by atoms with E-state index in [2.05, 4.69) is 0 Å². The first-order valence-electron chi connectivity index (χ1n) is 5.62. The van der Waals surface area contributed by atoms with E-state index in [9.17, 15) is 10.0 Å². The van der Waals surface area contributed by atoms with Gasteiger partial charge < -0.3 is 15.1 Å². The third kappa shape index (κ3) is 3.63. The lowest BCUT2D eigenvalue weighted by Gasteiger charge is -2.15. The first-order chi connectivity index (χ1) is 9.88. The van der Waals surface area contributed by atoms with Gasteiger partial charge in [0.2, 0.25) is 0 Å². The highest BCUT2D eigenvalue weighted by Gasteiger charge is 2.17. The molecule has 0 fully saturated rings. The van der Waals surface area contributed by atoms with Crippen molar-refractivity contribution in [3.05, 3.63) is 57.2 Å². The van der Waals surface area contributed by atoms with Crippen LogP contribution in [0.15, 0.2) is 36.4 Å². The van der Waals surface area contributed by atoms with Crippen LogP contribution in [-0.4, -0.2) is 16.3 Å². The molecule has 0 heterocycles. The Bertz CT molecular complexity index is 690. The Kier molecular flexibility index (Phi) is 4.66. The molecular weight excluding hydrogens is 321 g/mol. The van der Waals surface area contributed by atoms with Crippen molar-refractivity contribution in [3.63, 3.8) is 0 Å². The summed E-state index contributed by atoms with van der Waals surface area (Å²) in [5.74, 6) is -0.929. The van der Waals surface area contributed by atoms with E-state index in [0.717, 1.165) is 12.1 Å². The van der Waals surface area contributed by atoms with Gasteiger partial charge in [0.05, 0.1) is 5.02 Å². The second-order valence-corrected chi connectivity index (χ2v) is 4.84. The number of hydrogen-bond donors (Lipinski definition) is 3. The van der Waals surface area contributed by atoms with Crippen LogP contribution < -0.4 is 9.96 Å². The lowest BCUT2D eigenvalue weighted by Crippen LogP contribution is -2.99. The average Bonchev–Trinajstić information content (AvgIpc) is 2.41. The number of aromatic carboxylic acids is 1. The van der Waals surface area contributed by atoms with Gasteiger partial charge in [-0.25, -0.2) is 10.0 Å². The van der Waals surface area contributed by atoms with E-state index in [4.69, 9.17) is 38.3 Å². The fraction of sp³-hybridized carbons (Fsp3) is 0. The van der Waals surface area contributed by atoms with Gasteiger partial charge >= 0.3 is 5.97 Å². The van der Waals surface area contributed by atoms with Gasteiger partial charge in [-0.05, 0) is 24.3 Å². The van der Waals surface area contributed by atoms with E-state index in [1.165, 1.54) is 18.2 Å². The van der Waals surface area contributed by atoms with Gasteiger partial charge in [0.1, 0.15) is 17.1 Å². The number of hydrogen-bond acceptors (Lipinski definition) is 4. The van der Waals surface area contributed by atoms with Crippen LogP contribution in [0.1, 0.15) is 10.4 Å². The Labute approximate surface area is 129 Å². The fourth-order valence-corrected chi connectivity index (χ4v) is 2.08. The Morgan fingerprint density at radius 1 is 1.19 bits per heavy atom. The quantitative estimate of drug-likeness (QED) is 0.750. The monoisotopic (exact) mass is 329 g/mol. The minimum absolute atomic E-state index is 0.154. The first-order valence-corrected chi connectivity index (χ1v) is 6.37. The van der Waals surface area contributed by atoms with Crippen molar-refractivity contribution >= 4 is 34.9 Å². The molecule has 0 bridgehead atoms. The van der Waals surface area contributed by atoms with E-state index < -0.39 is 11.2 Å². The third-order valence-electron chi connectivity index (χ3n) is 2.57. The average molecular weight is 330 g/mol. The number of carbonyl (C=O) groups is 1. The maximum atomic E-state index is 11.1. The highest BCUT2D eigenvalue weighted by atomic mass is 35.5. The lowest BCUT2D eigenvalue weighted by atomic mass is 10.1. The van der Waals surface area contributed by atoms with E-state index >= 15 is 0 Å². The van der Waals surface area contributed by atoms with Gasteiger partial charge in [0, 0.05) is 17.2 Å². The number of nitrogens with one attached hydrogen (secondary N) is 1. The molecule has 1 atom stereocenters. The maximum absolute atomic E-state index is 11.1. The molecule has 8 heteroatoms. The minimum atomic E-state index is -1.36. The summed E-state index contributed by atoms with van der Waals surface area (Å²) in [5, 5.41) is 28.3. The Balaban J connectivity index is 2.37. The molecule has 2 rings (SSSR count). The highest BCUT2D eigenvalue weighted by Crippen LogP contribution is 2.32.